The lowest BCUT2D eigenvalue weighted by molar-refractivity contribution is 0.0796. The van der Waals surface area contributed by atoms with Crippen molar-refractivity contribution in [2.24, 2.45) is 5.92 Å². The minimum atomic E-state index is 0.858. The van der Waals surface area contributed by atoms with Crippen molar-refractivity contribution in [1.29, 1.82) is 0 Å². The lowest BCUT2D eigenvalue weighted by Crippen LogP contribution is -2.46. The summed E-state index contributed by atoms with van der Waals surface area (Å²) in [6, 6.07) is 12.0. The van der Waals surface area contributed by atoms with E-state index in [0.717, 1.165) is 12.0 Å². The van der Waals surface area contributed by atoms with Crippen molar-refractivity contribution >= 4 is 0 Å². The van der Waals surface area contributed by atoms with Crippen LogP contribution in [0, 0.1) is 5.92 Å². The summed E-state index contributed by atoms with van der Waals surface area (Å²) >= 11 is 0. The van der Waals surface area contributed by atoms with Gasteiger partial charge in [0.05, 0.1) is 0 Å². The molecule has 2 unspecified atom stereocenters. The molecule has 2 aliphatic heterocycles. The van der Waals surface area contributed by atoms with Gasteiger partial charge >= 0.3 is 0 Å². The predicted octanol–water partition coefficient (Wildman–Crippen LogP) is 5.05. The molecule has 2 atom stereocenters. The maximum Gasteiger partial charge on any atom is 0.0127 e. The maximum atomic E-state index is 2.85. The molecule has 2 fully saturated rings. The number of fused-ring (bicyclic) bond motifs is 1. The van der Waals surface area contributed by atoms with Gasteiger partial charge < -0.3 is 4.90 Å². The van der Waals surface area contributed by atoms with E-state index in [1.54, 1.807) is 5.56 Å². The normalized spacial score (nSPS) is 28.8. The van der Waals surface area contributed by atoms with Crippen LogP contribution in [0.5, 0.6) is 0 Å². The van der Waals surface area contributed by atoms with Crippen LogP contribution in [-0.2, 0) is 6.42 Å². The van der Waals surface area contributed by atoms with Gasteiger partial charge in [-0.3, -0.25) is 0 Å². The molecule has 0 saturated carbocycles. The third-order valence-electron chi connectivity index (χ3n) is 5.57. The zero-order valence-electron chi connectivity index (χ0n) is 13.5. The van der Waals surface area contributed by atoms with Crippen LogP contribution < -0.4 is 0 Å². The molecule has 0 amide bonds. The van der Waals surface area contributed by atoms with Gasteiger partial charge in [-0.05, 0) is 56.7 Å². The Hall–Kier alpha value is -0.820. The zero-order chi connectivity index (χ0) is 14.3. The van der Waals surface area contributed by atoms with Crippen molar-refractivity contribution in [3.63, 3.8) is 0 Å². The second-order valence-corrected chi connectivity index (χ2v) is 7.11. The standard InChI is InChI=1S/C20H31N/c1-2-4-9-15-21-16-10-13-19(20(21)14-8-3-1)17-18-11-6-5-7-12-18/h5-7,11-12,19-20H,1-4,8-10,13-17H2. The Morgan fingerprint density at radius 2 is 1.48 bits per heavy atom. The summed E-state index contributed by atoms with van der Waals surface area (Å²) in [4.78, 5) is 2.85. The van der Waals surface area contributed by atoms with E-state index in [4.69, 9.17) is 0 Å². The molecule has 0 aromatic heterocycles. The number of benzene rings is 1. The highest BCUT2D eigenvalue weighted by molar-refractivity contribution is 5.16. The minimum absolute atomic E-state index is 0.858. The van der Waals surface area contributed by atoms with Crippen LogP contribution in [-0.4, -0.2) is 24.0 Å². The molecule has 2 heterocycles. The molecule has 2 saturated heterocycles. The number of hydrogen-bond donors (Lipinski definition) is 0. The number of piperidine rings is 1. The smallest absolute Gasteiger partial charge is 0.0127 e. The SMILES string of the molecule is c1ccc(CC2CCCN3CCCCCCCCC23)cc1. The Balaban J connectivity index is 1.66. The maximum absolute atomic E-state index is 2.85. The molecule has 0 bridgehead atoms. The van der Waals surface area contributed by atoms with E-state index in [9.17, 15) is 0 Å². The highest BCUT2D eigenvalue weighted by atomic mass is 15.2. The second kappa shape index (κ2) is 7.98. The number of nitrogens with zero attached hydrogens (tertiary/aromatic N) is 1. The largest absolute Gasteiger partial charge is 0.300 e. The van der Waals surface area contributed by atoms with E-state index >= 15 is 0 Å². The molecule has 0 N–H and O–H groups in total. The van der Waals surface area contributed by atoms with Gasteiger partial charge in [-0.2, -0.15) is 0 Å². The van der Waals surface area contributed by atoms with E-state index in [2.05, 4.69) is 35.2 Å². The molecule has 3 rings (SSSR count). The summed E-state index contributed by atoms with van der Waals surface area (Å²) in [6.07, 6.45) is 14.3. The third-order valence-corrected chi connectivity index (χ3v) is 5.57. The monoisotopic (exact) mass is 285 g/mol. The fraction of sp³-hybridized carbons (Fsp3) is 0.700. The van der Waals surface area contributed by atoms with E-state index < -0.39 is 0 Å². The van der Waals surface area contributed by atoms with E-state index in [-0.39, 0.29) is 0 Å². The van der Waals surface area contributed by atoms with Gasteiger partial charge in [-0.15, -0.1) is 0 Å². The molecule has 116 valence electrons. The lowest BCUT2D eigenvalue weighted by atomic mass is 9.81. The van der Waals surface area contributed by atoms with E-state index in [1.807, 2.05) is 0 Å². The van der Waals surface area contributed by atoms with Gasteiger partial charge in [-0.1, -0.05) is 62.4 Å². The molecule has 0 aliphatic carbocycles. The first-order valence-corrected chi connectivity index (χ1v) is 9.21. The first-order valence-electron chi connectivity index (χ1n) is 9.21. The quantitative estimate of drug-likeness (QED) is 0.734. The summed E-state index contributed by atoms with van der Waals surface area (Å²) in [6.45, 7) is 2.71. The van der Waals surface area contributed by atoms with Crippen molar-refractivity contribution in [3.8, 4) is 0 Å². The van der Waals surface area contributed by atoms with Crippen molar-refractivity contribution < 1.29 is 0 Å². The van der Waals surface area contributed by atoms with Crippen molar-refractivity contribution in [2.45, 2.75) is 70.3 Å². The van der Waals surface area contributed by atoms with Gasteiger partial charge in [0.2, 0.25) is 0 Å². The van der Waals surface area contributed by atoms with Crippen molar-refractivity contribution in [1.82, 2.24) is 4.90 Å². The van der Waals surface area contributed by atoms with Gasteiger partial charge in [0, 0.05) is 6.04 Å². The van der Waals surface area contributed by atoms with Crippen LogP contribution in [0.15, 0.2) is 30.3 Å². The molecule has 1 nitrogen and oxygen atoms in total. The van der Waals surface area contributed by atoms with Gasteiger partial charge in [-0.25, -0.2) is 0 Å². The summed E-state index contributed by atoms with van der Waals surface area (Å²) in [7, 11) is 0. The van der Waals surface area contributed by atoms with Crippen LogP contribution in [0.2, 0.25) is 0 Å². The molecule has 2 aliphatic rings. The summed E-state index contributed by atoms with van der Waals surface area (Å²) in [5.74, 6) is 0.889. The van der Waals surface area contributed by atoms with Gasteiger partial charge in [0.15, 0.2) is 0 Å². The summed E-state index contributed by atoms with van der Waals surface area (Å²) < 4.78 is 0. The van der Waals surface area contributed by atoms with Crippen LogP contribution >= 0.6 is 0 Å². The first kappa shape index (κ1) is 15.1. The first-order chi connectivity index (χ1) is 10.4. The van der Waals surface area contributed by atoms with Crippen LogP contribution in [0.3, 0.4) is 0 Å². The Morgan fingerprint density at radius 1 is 0.762 bits per heavy atom. The number of rotatable bonds is 2. The van der Waals surface area contributed by atoms with E-state index in [1.165, 1.54) is 77.3 Å². The fourth-order valence-corrected chi connectivity index (χ4v) is 4.44. The minimum Gasteiger partial charge on any atom is -0.300 e. The third kappa shape index (κ3) is 4.32. The molecule has 1 aromatic rings. The molecule has 1 heteroatoms. The van der Waals surface area contributed by atoms with Gasteiger partial charge in [0.1, 0.15) is 0 Å². The molecule has 21 heavy (non-hydrogen) atoms. The molecule has 0 radical (unpaired) electrons. The fourth-order valence-electron chi connectivity index (χ4n) is 4.44. The van der Waals surface area contributed by atoms with Gasteiger partial charge in [0.25, 0.3) is 0 Å². The zero-order valence-corrected chi connectivity index (χ0v) is 13.5. The Bertz CT molecular complexity index is 400. The molecular formula is C20H31N. The van der Waals surface area contributed by atoms with Crippen LogP contribution in [0.1, 0.15) is 63.4 Å². The van der Waals surface area contributed by atoms with Crippen LogP contribution in [0.4, 0.5) is 0 Å². The predicted molar refractivity (Wildman–Crippen MR) is 90.6 cm³/mol. The Morgan fingerprint density at radius 3 is 2.33 bits per heavy atom. The van der Waals surface area contributed by atoms with Crippen molar-refractivity contribution in [3.05, 3.63) is 35.9 Å². The lowest BCUT2D eigenvalue weighted by Gasteiger charge is -2.42. The Labute approximate surface area is 130 Å². The number of hydrogen-bond acceptors (Lipinski definition) is 1. The summed E-state index contributed by atoms with van der Waals surface area (Å²) in [5.41, 5.74) is 1.54. The average Bonchev–Trinajstić information content (AvgIpc) is 2.53. The molecular weight excluding hydrogens is 254 g/mol. The Kier molecular flexibility index (Phi) is 5.74. The second-order valence-electron chi connectivity index (χ2n) is 7.11. The highest BCUT2D eigenvalue weighted by Gasteiger charge is 2.30. The van der Waals surface area contributed by atoms with E-state index in [0.29, 0.717) is 0 Å². The average molecular weight is 285 g/mol. The topological polar surface area (TPSA) is 3.24 Å². The van der Waals surface area contributed by atoms with Crippen LogP contribution in [0.25, 0.3) is 0 Å². The highest BCUT2D eigenvalue weighted by Crippen LogP contribution is 2.31. The molecule has 0 spiro atoms. The van der Waals surface area contributed by atoms with Crippen molar-refractivity contribution in [2.75, 3.05) is 13.1 Å². The summed E-state index contributed by atoms with van der Waals surface area (Å²) in [5, 5.41) is 0. The molecule has 1 aromatic carbocycles.